The molecule has 28 heavy (non-hydrogen) atoms. The van der Waals surface area contributed by atoms with Crippen molar-refractivity contribution in [2.45, 2.75) is 25.5 Å². The summed E-state index contributed by atoms with van der Waals surface area (Å²) in [4.78, 5) is 12.3. The van der Waals surface area contributed by atoms with Crippen molar-refractivity contribution in [3.63, 3.8) is 0 Å². The van der Waals surface area contributed by atoms with Crippen molar-refractivity contribution in [2.24, 2.45) is 0 Å². The molecule has 0 unspecified atom stereocenters. The highest BCUT2D eigenvalue weighted by Gasteiger charge is 2.16. The van der Waals surface area contributed by atoms with Crippen LogP contribution in [0.25, 0.3) is 5.69 Å². The van der Waals surface area contributed by atoms with Crippen molar-refractivity contribution >= 4 is 17.7 Å². The van der Waals surface area contributed by atoms with Gasteiger partial charge < -0.3 is 14.8 Å². The molecule has 0 bridgehead atoms. The molecule has 0 spiro atoms. The summed E-state index contributed by atoms with van der Waals surface area (Å²) < 4.78 is 12.3. The van der Waals surface area contributed by atoms with Crippen molar-refractivity contribution in [1.82, 2.24) is 25.5 Å². The van der Waals surface area contributed by atoms with Crippen molar-refractivity contribution < 1.29 is 14.3 Å². The summed E-state index contributed by atoms with van der Waals surface area (Å²) >= 11 is 1.30. The highest BCUT2D eigenvalue weighted by atomic mass is 32.2. The summed E-state index contributed by atoms with van der Waals surface area (Å²) in [6.45, 7) is 4.67. The van der Waals surface area contributed by atoms with E-state index in [0.717, 1.165) is 28.1 Å². The van der Waals surface area contributed by atoms with Crippen molar-refractivity contribution in [1.29, 1.82) is 0 Å². The molecule has 1 aromatic heterocycles. The van der Waals surface area contributed by atoms with Crippen LogP contribution in [0, 0.1) is 13.8 Å². The fourth-order valence-electron chi connectivity index (χ4n) is 2.98. The topological polar surface area (TPSA) is 91.2 Å². The third-order valence-corrected chi connectivity index (χ3v) is 5.27. The van der Waals surface area contributed by atoms with Gasteiger partial charge in [0.1, 0.15) is 0 Å². The lowest BCUT2D eigenvalue weighted by atomic mass is 10.1. The molecule has 2 heterocycles. The summed E-state index contributed by atoms with van der Waals surface area (Å²) in [5.41, 5.74) is 4.03. The molecule has 0 atom stereocenters. The second kappa shape index (κ2) is 7.89. The van der Waals surface area contributed by atoms with Crippen LogP contribution in [0.4, 0.5) is 0 Å². The fraction of sp³-hybridized carbons (Fsp3) is 0.263. The van der Waals surface area contributed by atoms with Crippen LogP contribution in [0.2, 0.25) is 0 Å². The number of tetrazole rings is 1. The maximum Gasteiger partial charge on any atom is 0.231 e. The highest BCUT2D eigenvalue weighted by Crippen LogP contribution is 2.32. The molecule has 0 radical (unpaired) electrons. The third-order valence-electron chi connectivity index (χ3n) is 4.35. The Labute approximate surface area is 166 Å². The Hall–Kier alpha value is -3.07. The molecule has 4 rings (SSSR count). The van der Waals surface area contributed by atoms with Crippen molar-refractivity contribution in [2.75, 3.05) is 12.5 Å². The van der Waals surface area contributed by atoms with Crippen LogP contribution in [-0.2, 0) is 11.3 Å². The maximum absolute atomic E-state index is 12.3. The molecule has 9 heteroatoms. The molecule has 0 aliphatic carbocycles. The number of ether oxygens (including phenoxy) is 2. The lowest BCUT2D eigenvalue weighted by Gasteiger charge is -2.10. The van der Waals surface area contributed by atoms with Gasteiger partial charge in [0, 0.05) is 6.54 Å². The van der Waals surface area contributed by atoms with Crippen LogP contribution in [0.3, 0.4) is 0 Å². The second-order valence-corrected chi connectivity index (χ2v) is 7.31. The second-order valence-electron chi connectivity index (χ2n) is 6.37. The molecule has 0 saturated heterocycles. The van der Waals surface area contributed by atoms with E-state index in [1.54, 1.807) is 4.68 Å². The Morgan fingerprint density at radius 2 is 1.96 bits per heavy atom. The van der Waals surface area contributed by atoms with Gasteiger partial charge in [0.25, 0.3) is 0 Å². The first-order chi connectivity index (χ1) is 13.6. The number of hydrogen-bond acceptors (Lipinski definition) is 7. The number of carbonyl (C=O) groups is 1. The quantitative estimate of drug-likeness (QED) is 0.639. The summed E-state index contributed by atoms with van der Waals surface area (Å²) in [6.07, 6.45) is 0. The van der Waals surface area contributed by atoms with E-state index < -0.39 is 0 Å². The van der Waals surface area contributed by atoms with Gasteiger partial charge in [-0.2, -0.15) is 4.68 Å². The Balaban J connectivity index is 1.36. The van der Waals surface area contributed by atoms with Gasteiger partial charge in [-0.3, -0.25) is 4.79 Å². The minimum atomic E-state index is -0.0984. The molecular weight excluding hydrogens is 378 g/mol. The monoisotopic (exact) mass is 397 g/mol. The number of para-hydroxylation sites is 1. The Kier molecular flexibility index (Phi) is 5.16. The van der Waals surface area contributed by atoms with Gasteiger partial charge in [-0.25, -0.2) is 0 Å². The lowest BCUT2D eigenvalue weighted by Crippen LogP contribution is -2.24. The SMILES string of the molecule is Cc1cccc(C)c1-n1nnnc1SCC(=O)NCc1ccc2c(c1)OCO2. The standard InChI is InChI=1S/C19H19N5O3S/c1-12-4-3-5-13(2)18(12)24-19(21-22-23-24)28-10-17(25)20-9-14-6-7-15-16(8-14)27-11-26-15/h3-8H,9-11H2,1-2H3,(H,20,25). The first-order valence-corrected chi connectivity index (χ1v) is 9.73. The number of rotatable bonds is 6. The predicted molar refractivity (Wildman–Crippen MR) is 104 cm³/mol. The molecular formula is C19H19N5O3S. The van der Waals surface area contributed by atoms with E-state index in [9.17, 15) is 4.79 Å². The number of benzene rings is 2. The number of aryl methyl sites for hydroxylation is 2. The molecule has 1 amide bonds. The van der Waals surface area contributed by atoms with Gasteiger partial charge in [0.15, 0.2) is 11.5 Å². The Bertz CT molecular complexity index is 1000. The number of hydrogen-bond donors (Lipinski definition) is 1. The summed E-state index contributed by atoms with van der Waals surface area (Å²) in [7, 11) is 0. The highest BCUT2D eigenvalue weighted by molar-refractivity contribution is 7.99. The average molecular weight is 397 g/mol. The van der Waals surface area contributed by atoms with E-state index in [1.807, 2.05) is 50.2 Å². The van der Waals surface area contributed by atoms with Gasteiger partial charge in [-0.1, -0.05) is 36.0 Å². The average Bonchev–Trinajstić information content (AvgIpc) is 3.33. The lowest BCUT2D eigenvalue weighted by molar-refractivity contribution is -0.118. The third kappa shape index (κ3) is 3.79. The number of fused-ring (bicyclic) bond motifs is 1. The smallest absolute Gasteiger partial charge is 0.231 e. The summed E-state index contributed by atoms with van der Waals surface area (Å²) in [5.74, 6) is 1.55. The largest absolute Gasteiger partial charge is 0.454 e. The number of nitrogens with zero attached hydrogens (tertiary/aromatic N) is 4. The molecule has 144 valence electrons. The van der Waals surface area contributed by atoms with E-state index in [-0.39, 0.29) is 18.5 Å². The molecule has 1 aliphatic heterocycles. The number of thioether (sulfide) groups is 1. The van der Waals surface area contributed by atoms with Crippen LogP contribution < -0.4 is 14.8 Å². The molecule has 2 aromatic carbocycles. The van der Waals surface area contributed by atoms with Gasteiger partial charge in [0.2, 0.25) is 17.9 Å². The molecule has 3 aromatic rings. The van der Waals surface area contributed by atoms with E-state index in [1.165, 1.54) is 11.8 Å². The van der Waals surface area contributed by atoms with Crippen LogP contribution >= 0.6 is 11.8 Å². The number of carbonyl (C=O) groups excluding carboxylic acids is 1. The zero-order valence-electron chi connectivity index (χ0n) is 15.5. The van der Waals surface area contributed by atoms with E-state index in [0.29, 0.717) is 17.5 Å². The molecule has 0 saturated carbocycles. The zero-order chi connectivity index (χ0) is 19.5. The van der Waals surface area contributed by atoms with Crippen LogP contribution in [0.15, 0.2) is 41.6 Å². The first kappa shape index (κ1) is 18.3. The van der Waals surface area contributed by atoms with Crippen molar-refractivity contribution in [3.05, 3.63) is 53.1 Å². The molecule has 1 aliphatic rings. The first-order valence-electron chi connectivity index (χ1n) is 8.75. The Morgan fingerprint density at radius 3 is 2.79 bits per heavy atom. The normalized spacial score (nSPS) is 12.2. The number of aromatic nitrogens is 4. The minimum absolute atomic E-state index is 0.0984. The van der Waals surface area contributed by atoms with Gasteiger partial charge in [0.05, 0.1) is 11.4 Å². The number of amides is 1. The predicted octanol–water partition coefficient (Wildman–Crippen LogP) is 2.42. The van der Waals surface area contributed by atoms with Gasteiger partial charge in [-0.15, -0.1) is 5.10 Å². The molecule has 1 N–H and O–H groups in total. The van der Waals surface area contributed by atoms with Crippen LogP contribution in [0.5, 0.6) is 11.5 Å². The van der Waals surface area contributed by atoms with Crippen LogP contribution in [0.1, 0.15) is 16.7 Å². The van der Waals surface area contributed by atoms with Crippen LogP contribution in [-0.4, -0.2) is 38.7 Å². The van der Waals surface area contributed by atoms with Crippen molar-refractivity contribution in [3.8, 4) is 17.2 Å². The van der Waals surface area contributed by atoms with Gasteiger partial charge in [-0.05, 0) is 53.1 Å². The maximum atomic E-state index is 12.3. The molecule has 0 fully saturated rings. The minimum Gasteiger partial charge on any atom is -0.454 e. The summed E-state index contributed by atoms with van der Waals surface area (Å²) in [5, 5.41) is 15.4. The Morgan fingerprint density at radius 1 is 1.18 bits per heavy atom. The van der Waals surface area contributed by atoms with Gasteiger partial charge >= 0.3 is 0 Å². The zero-order valence-corrected chi connectivity index (χ0v) is 16.3. The molecule has 8 nitrogen and oxygen atoms in total. The number of nitrogens with one attached hydrogen (secondary N) is 1. The van der Waals surface area contributed by atoms with E-state index in [4.69, 9.17) is 9.47 Å². The van der Waals surface area contributed by atoms with E-state index >= 15 is 0 Å². The fourth-order valence-corrected chi connectivity index (χ4v) is 3.69. The summed E-state index contributed by atoms with van der Waals surface area (Å²) in [6, 6.07) is 11.6. The van der Waals surface area contributed by atoms with E-state index in [2.05, 4.69) is 20.8 Å².